The van der Waals surface area contributed by atoms with Gasteiger partial charge in [0, 0.05) is 23.5 Å². The number of ether oxygens (including phenoxy) is 1. The van der Waals surface area contributed by atoms with Crippen LogP contribution >= 0.6 is 15.9 Å². The number of nitrogens with one attached hydrogen (secondary N) is 1. The van der Waals surface area contributed by atoms with Crippen molar-refractivity contribution in [1.82, 2.24) is 5.32 Å². The molecular weight excluding hydrogens is 278 g/mol. The van der Waals surface area contributed by atoms with Crippen molar-refractivity contribution in [3.05, 3.63) is 34.3 Å². The number of hydrogen-bond acceptors (Lipinski definition) is 2. The Morgan fingerprint density at radius 3 is 2.82 bits per heavy atom. The van der Waals surface area contributed by atoms with Crippen LogP contribution in [-0.2, 0) is 4.74 Å². The molecule has 1 N–H and O–H groups in total. The highest BCUT2D eigenvalue weighted by Gasteiger charge is 2.22. The van der Waals surface area contributed by atoms with E-state index in [1.54, 1.807) is 0 Å². The number of likely N-dealkylation sites (N-methyl/N-ethyl adjacent to an activating group) is 1. The van der Waals surface area contributed by atoms with Crippen molar-refractivity contribution in [3.8, 4) is 0 Å². The summed E-state index contributed by atoms with van der Waals surface area (Å²) >= 11 is 3.62. The van der Waals surface area contributed by atoms with Crippen LogP contribution in [-0.4, -0.2) is 26.8 Å². The average molecular weight is 298 g/mol. The molecule has 0 bridgehead atoms. The molecule has 0 aliphatic heterocycles. The normalized spacial score (nSPS) is 17.1. The number of benzene rings is 1. The highest BCUT2D eigenvalue weighted by molar-refractivity contribution is 9.10. The minimum absolute atomic E-state index is 0.425. The summed E-state index contributed by atoms with van der Waals surface area (Å²) in [6.07, 6.45) is 2.71. The Bertz CT molecular complexity index is 352. The molecular formula is C14H20BrNO. The zero-order valence-electron chi connectivity index (χ0n) is 10.3. The monoisotopic (exact) mass is 297 g/mol. The van der Waals surface area contributed by atoms with Crippen LogP contribution in [0, 0.1) is 5.92 Å². The van der Waals surface area contributed by atoms with Crippen molar-refractivity contribution in [1.29, 1.82) is 0 Å². The van der Waals surface area contributed by atoms with Gasteiger partial charge >= 0.3 is 0 Å². The van der Waals surface area contributed by atoms with Crippen LogP contribution in [0.4, 0.5) is 0 Å². The van der Waals surface area contributed by atoms with Crippen LogP contribution in [0.25, 0.3) is 0 Å². The molecule has 0 amide bonds. The largest absolute Gasteiger partial charge is 0.380 e. The molecule has 0 heterocycles. The van der Waals surface area contributed by atoms with Crippen molar-refractivity contribution < 1.29 is 4.74 Å². The molecule has 0 spiro atoms. The van der Waals surface area contributed by atoms with Gasteiger partial charge in [-0.3, -0.25) is 0 Å². The molecule has 2 rings (SSSR count). The van der Waals surface area contributed by atoms with Crippen molar-refractivity contribution in [2.45, 2.75) is 18.8 Å². The molecule has 1 aliphatic rings. The van der Waals surface area contributed by atoms with Crippen molar-refractivity contribution in [2.75, 3.05) is 26.8 Å². The second-order valence-corrected chi connectivity index (χ2v) is 5.61. The van der Waals surface area contributed by atoms with E-state index >= 15 is 0 Å². The summed E-state index contributed by atoms with van der Waals surface area (Å²) in [5.41, 5.74) is 1.33. The summed E-state index contributed by atoms with van der Waals surface area (Å²) in [5.74, 6) is 1.26. The van der Waals surface area contributed by atoms with Crippen molar-refractivity contribution in [3.63, 3.8) is 0 Å². The van der Waals surface area contributed by atoms with Gasteiger partial charge in [0.15, 0.2) is 0 Å². The Morgan fingerprint density at radius 1 is 1.41 bits per heavy atom. The maximum atomic E-state index is 5.82. The Hall–Kier alpha value is -0.380. The molecule has 17 heavy (non-hydrogen) atoms. The van der Waals surface area contributed by atoms with Gasteiger partial charge in [-0.2, -0.15) is 0 Å². The summed E-state index contributed by atoms with van der Waals surface area (Å²) in [4.78, 5) is 0. The lowest BCUT2D eigenvalue weighted by Crippen LogP contribution is -2.22. The number of hydrogen-bond donors (Lipinski definition) is 1. The van der Waals surface area contributed by atoms with Crippen LogP contribution in [0.15, 0.2) is 28.7 Å². The van der Waals surface area contributed by atoms with Gasteiger partial charge in [0.25, 0.3) is 0 Å². The van der Waals surface area contributed by atoms with Gasteiger partial charge in [-0.05, 0) is 37.4 Å². The second kappa shape index (κ2) is 6.53. The first-order valence-corrected chi connectivity index (χ1v) is 7.07. The average Bonchev–Trinajstić information content (AvgIpc) is 3.13. The SMILES string of the molecule is CNCC(COCC1CC1)c1ccccc1Br. The third kappa shape index (κ3) is 4.09. The maximum Gasteiger partial charge on any atom is 0.0547 e. The number of rotatable bonds is 7. The van der Waals surface area contributed by atoms with E-state index in [1.165, 1.54) is 22.9 Å². The van der Waals surface area contributed by atoms with Gasteiger partial charge in [0.05, 0.1) is 6.61 Å². The highest BCUT2D eigenvalue weighted by Crippen LogP contribution is 2.30. The topological polar surface area (TPSA) is 21.3 Å². The highest BCUT2D eigenvalue weighted by atomic mass is 79.9. The molecule has 1 aliphatic carbocycles. The first kappa shape index (κ1) is 13.1. The van der Waals surface area contributed by atoms with Crippen LogP contribution in [0.3, 0.4) is 0 Å². The third-order valence-corrected chi connectivity index (χ3v) is 3.89. The lowest BCUT2D eigenvalue weighted by atomic mass is 10.00. The Morgan fingerprint density at radius 2 is 2.18 bits per heavy atom. The molecule has 1 aromatic carbocycles. The minimum atomic E-state index is 0.425. The summed E-state index contributed by atoms with van der Waals surface area (Å²) in [5, 5.41) is 3.25. The van der Waals surface area contributed by atoms with Gasteiger partial charge in [0.1, 0.15) is 0 Å². The predicted molar refractivity (Wildman–Crippen MR) is 74.4 cm³/mol. The maximum absolute atomic E-state index is 5.82. The van der Waals surface area contributed by atoms with Gasteiger partial charge in [-0.1, -0.05) is 34.1 Å². The van der Waals surface area contributed by atoms with E-state index < -0.39 is 0 Å². The molecule has 0 aromatic heterocycles. The molecule has 1 unspecified atom stereocenters. The van der Waals surface area contributed by atoms with Gasteiger partial charge in [0.2, 0.25) is 0 Å². The molecule has 2 nitrogen and oxygen atoms in total. The van der Waals surface area contributed by atoms with Crippen molar-refractivity contribution >= 4 is 15.9 Å². The first-order chi connectivity index (χ1) is 8.31. The lowest BCUT2D eigenvalue weighted by molar-refractivity contribution is 0.110. The molecule has 1 fully saturated rings. The molecule has 94 valence electrons. The van der Waals surface area contributed by atoms with Crippen LogP contribution in [0.2, 0.25) is 0 Å². The molecule has 1 saturated carbocycles. The van der Waals surface area contributed by atoms with Crippen LogP contribution in [0.1, 0.15) is 24.3 Å². The van der Waals surface area contributed by atoms with E-state index in [2.05, 4.69) is 45.5 Å². The number of halogens is 1. The summed E-state index contributed by atoms with van der Waals surface area (Å²) in [6, 6.07) is 8.41. The van der Waals surface area contributed by atoms with E-state index in [0.29, 0.717) is 5.92 Å². The standard InChI is InChI=1S/C14H20BrNO/c1-16-8-12(10-17-9-11-6-7-11)13-4-2-3-5-14(13)15/h2-5,11-12,16H,6-10H2,1H3. The first-order valence-electron chi connectivity index (χ1n) is 6.28. The van der Waals surface area contributed by atoms with E-state index in [4.69, 9.17) is 4.74 Å². The van der Waals surface area contributed by atoms with Gasteiger partial charge in [-0.25, -0.2) is 0 Å². The quantitative estimate of drug-likeness (QED) is 0.835. The zero-order chi connectivity index (χ0) is 12.1. The predicted octanol–water partition coefficient (Wildman–Crippen LogP) is 3.18. The molecule has 3 heteroatoms. The van der Waals surface area contributed by atoms with Gasteiger partial charge in [-0.15, -0.1) is 0 Å². The van der Waals surface area contributed by atoms with E-state index in [-0.39, 0.29) is 0 Å². The fraction of sp³-hybridized carbons (Fsp3) is 0.571. The Balaban J connectivity index is 1.92. The Labute approximate surface area is 112 Å². The molecule has 1 aromatic rings. The van der Waals surface area contributed by atoms with Crippen molar-refractivity contribution in [2.24, 2.45) is 5.92 Å². The Kier molecular flexibility index (Phi) is 5.01. The molecule has 1 atom stereocenters. The van der Waals surface area contributed by atoms with E-state index in [1.807, 2.05) is 7.05 Å². The fourth-order valence-electron chi connectivity index (χ4n) is 1.97. The van der Waals surface area contributed by atoms with Crippen LogP contribution in [0.5, 0.6) is 0 Å². The summed E-state index contributed by atoms with van der Waals surface area (Å²) in [7, 11) is 1.99. The summed E-state index contributed by atoms with van der Waals surface area (Å²) in [6.45, 7) is 2.69. The van der Waals surface area contributed by atoms with Gasteiger partial charge < -0.3 is 10.1 Å². The fourth-order valence-corrected chi connectivity index (χ4v) is 2.58. The zero-order valence-corrected chi connectivity index (χ0v) is 11.9. The summed E-state index contributed by atoms with van der Waals surface area (Å²) < 4.78 is 7.00. The molecule has 0 radical (unpaired) electrons. The lowest BCUT2D eigenvalue weighted by Gasteiger charge is -2.18. The van der Waals surface area contributed by atoms with E-state index in [9.17, 15) is 0 Å². The second-order valence-electron chi connectivity index (χ2n) is 4.76. The van der Waals surface area contributed by atoms with Crippen LogP contribution < -0.4 is 5.32 Å². The molecule has 0 saturated heterocycles. The third-order valence-electron chi connectivity index (χ3n) is 3.17. The smallest absolute Gasteiger partial charge is 0.0547 e. The minimum Gasteiger partial charge on any atom is -0.380 e. The van der Waals surface area contributed by atoms with E-state index in [0.717, 1.165) is 25.7 Å².